The fourth-order valence-electron chi connectivity index (χ4n) is 7.64. The van der Waals surface area contributed by atoms with Gasteiger partial charge in [-0.2, -0.15) is 9.97 Å². The van der Waals surface area contributed by atoms with Crippen molar-refractivity contribution in [2.75, 3.05) is 42.6 Å². The number of benzene rings is 2. The Morgan fingerprint density at radius 3 is 2.84 bits per heavy atom. The predicted molar refractivity (Wildman–Crippen MR) is 158 cm³/mol. The van der Waals surface area contributed by atoms with Crippen LogP contribution < -0.4 is 14.5 Å². The number of hydrogen-bond donors (Lipinski definition) is 2. The molecule has 0 bridgehead atoms. The van der Waals surface area contributed by atoms with Crippen LogP contribution in [-0.2, 0) is 13.0 Å². The highest BCUT2D eigenvalue weighted by Crippen LogP contribution is 2.43. The number of amides is 1. The molecule has 11 heteroatoms. The number of ether oxygens (including phenoxy) is 1. The van der Waals surface area contributed by atoms with E-state index in [1.807, 2.05) is 11.8 Å². The number of aliphatic hydroxyl groups excluding tert-OH is 1. The molecule has 1 amide bonds. The molecular weight excluding hydrogens is 556 g/mol. The summed E-state index contributed by atoms with van der Waals surface area (Å²) < 4.78 is 35.6. The molecule has 0 unspecified atom stereocenters. The monoisotopic (exact) mass is 593 g/mol. The van der Waals surface area contributed by atoms with E-state index in [9.17, 15) is 23.8 Å². The molecule has 4 aliphatic heterocycles. The average Bonchev–Trinajstić information content (AvgIpc) is 3.55. The van der Waals surface area contributed by atoms with E-state index < -0.39 is 12.3 Å². The third kappa shape index (κ3) is 4.86. The molecule has 3 fully saturated rings. The molecule has 2 aromatic carbocycles. The molecule has 0 radical (unpaired) electrons. The van der Waals surface area contributed by atoms with Crippen LogP contribution in [0.5, 0.6) is 11.8 Å². The highest BCUT2D eigenvalue weighted by Gasteiger charge is 2.49. The molecule has 4 aliphatic rings. The van der Waals surface area contributed by atoms with Gasteiger partial charge >= 0.3 is 6.01 Å². The van der Waals surface area contributed by atoms with Crippen molar-refractivity contribution in [2.24, 2.45) is 0 Å². The van der Waals surface area contributed by atoms with E-state index in [0.29, 0.717) is 78.0 Å². The number of hydrogen-bond acceptors (Lipinski definition) is 8. The first-order chi connectivity index (χ1) is 20.8. The van der Waals surface area contributed by atoms with Crippen LogP contribution in [0.15, 0.2) is 24.3 Å². The van der Waals surface area contributed by atoms with Gasteiger partial charge in [-0.3, -0.25) is 9.69 Å². The van der Waals surface area contributed by atoms with E-state index in [1.165, 1.54) is 17.0 Å². The van der Waals surface area contributed by atoms with Crippen LogP contribution in [0, 0.1) is 5.82 Å². The minimum Gasteiger partial charge on any atom is -0.508 e. The number of aromatic nitrogens is 2. The van der Waals surface area contributed by atoms with Crippen molar-refractivity contribution >= 4 is 28.2 Å². The van der Waals surface area contributed by atoms with Crippen LogP contribution in [0.2, 0.25) is 0 Å². The minimum absolute atomic E-state index is 0.0333. The largest absolute Gasteiger partial charge is 0.508 e. The number of carbonyl (C=O) groups is 1. The number of nitrogens with zero attached hydrogens (tertiary/aromatic N) is 5. The number of β-amino-alcohol motifs (C(OH)–C–C–N with tert-alkyl or cyclic N) is 1. The van der Waals surface area contributed by atoms with Crippen molar-refractivity contribution in [3.05, 3.63) is 46.9 Å². The third-order valence-electron chi connectivity index (χ3n) is 9.66. The molecule has 5 heterocycles. The molecule has 1 aromatic heterocycles. The number of aliphatic hydroxyl groups is 1. The lowest BCUT2D eigenvalue weighted by atomic mass is 9.95. The highest BCUT2D eigenvalue weighted by atomic mass is 19.1. The van der Waals surface area contributed by atoms with Gasteiger partial charge in [0.1, 0.15) is 35.7 Å². The first-order valence-corrected chi connectivity index (χ1v) is 15.4. The maximum Gasteiger partial charge on any atom is 0.318 e. The zero-order valence-corrected chi connectivity index (χ0v) is 24.4. The summed E-state index contributed by atoms with van der Waals surface area (Å²) in [6.07, 6.45) is 3.54. The molecule has 0 saturated carbocycles. The Kier molecular flexibility index (Phi) is 7.12. The number of halogens is 2. The molecule has 3 aromatic rings. The summed E-state index contributed by atoms with van der Waals surface area (Å²) in [5.41, 5.74) is 1.26. The second-order valence-electron chi connectivity index (χ2n) is 12.4. The van der Waals surface area contributed by atoms with Crippen LogP contribution in [0.25, 0.3) is 10.8 Å². The average molecular weight is 594 g/mol. The van der Waals surface area contributed by atoms with Crippen LogP contribution in [0.3, 0.4) is 0 Å². The Bertz CT molecular complexity index is 1590. The van der Waals surface area contributed by atoms with Gasteiger partial charge in [0, 0.05) is 37.5 Å². The number of phenols is 1. The maximum atomic E-state index is 14.9. The fraction of sp³-hybridized carbons (Fsp3) is 0.531. The lowest BCUT2D eigenvalue weighted by molar-refractivity contribution is 0.0995. The molecule has 0 aliphatic carbocycles. The van der Waals surface area contributed by atoms with Crippen LogP contribution in [0.1, 0.15) is 67.1 Å². The summed E-state index contributed by atoms with van der Waals surface area (Å²) >= 11 is 0. The highest BCUT2D eigenvalue weighted by molar-refractivity contribution is 6.16. The predicted octanol–water partition coefficient (Wildman–Crippen LogP) is 4.50. The molecule has 2 N–H and O–H groups in total. The SMILES string of the molecule is CCc1c(F)ccc2cc(O)cc(N3Cc4nc(OC[C@@]56CCCN5C[C@H](F)C6)nc(N5CCCC[C@H](O)C5)c4C3=O)c12. The molecular formula is C32H37F2N5O4. The Balaban J connectivity index is 1.30. The number of carbonyl (C=O) groups excluding carboxylic acids is 1. The number of alkyl halides is 1. The van der Waals surface area contributed by atoms with Crippen molar-refractivity contribution in [1.82, 2.24) is 14.9 Å². The van der Waals surface area contributed by atoms with Crippen molar-refractivity contribution in [3.63, 3.8) is 0 Å². The van der Waals surface area contributed by atoms with E-state index in [-0.39, 0.29) is 42.2 Å². The van der Waals surface area contributed by atoms with Gasteiger partial charge in [-0.15, -0.1) is 0 Å². The maximum absolute atomic E-state index is 14.9. The van der Waals surface area contributed by atoms with Gasteiger partial charge in [0.15, 0.2) is 0 Å². The van der Waals surface area contributed by atoms with Crippen LogP contribution >= 0.6 is 0 Å². The van der Waals surface area contributed by atoms with E-state index in [4.69, 9.17) is 14.7 Å². The summed E-state index contributed by atoms with van der Waals surface area (Å²) in [6, 6.07) is 6.16. The van der Waals surface area contributed by atoms with Gasteiger partial charge < -0.3 is 24.7 Å². The van der Waals surface area contributed by atoms with Gasteiger partial charge in [0.05, 0.1) is 29.6 Å². The van der Waals surface area contributed by atoms with E-state index in [2.05, 4.69) is 4.90 Å². The molecule has 43 heavy (non-hydrogen) atoms. The second-order valence-corrected chi connectivity index (χ2v) is 12.4. The lowest BCUT2D eigenvalue weighted by Crippen LogP contribution is -2.43. The first kappa shape index (κ1) is 28.2. The molecule has 228 valence electrons. The van der Waals surface area contributed by atoms with Gasteiger partial charge in [-0.05, 0) is 68.2 Å². The normalized spacial score (nSPS) is 25.8. The summed E-state index contributed by atoms with van der Waals surface area (Å²) in [7, 11) is 0. The molecule has 0 spiro atoms. The first-order valence-electron chi connectivity index (χ1n) is 15.4. The van der Waals surface area contributed by atoms with Gasteiger partial charge in [-0.1, -0.05) is 13.0 Å². The van der Waals surface area contributed by atoms with Crippen molar-refractivity contribution in [3.8, 4) is 11.8 Å². The topological polar surface area (TPSA) is 102 Å². The number of anilines is 2. The quantitative estimate of drug-likeness (QED) is 0.431. The Morgan fingerprint density at radius 1 is 1.14 bits per heavy atom. The minimum atomic E-state index is -0.889. The summed E-state index contributed by atoms with van der Waals surface area (Å²) in [6.45, 7) is 4.36. The number of aromatic hydroxyl groups is 1. The van der Waals surface area contributed by atoms with E-state index in [0.717, 1.165) is 32.2 Å². The summed E-state index contributed by atoms with van der Waals surface area (Å²) in [4.78, 5) is 29.3. The zero-order valence-electron chi connectivity index (χ0n) is 24.4. The second kappa shape index (κ2) is 10.9. The van der Waals surface area contributed by atoms with Crippen molar-refractivity contribution in [1.29, 1.82) is 0 Å². The van der Waals surface area contributed by atoms with Crippen LogP contribution in [-0.4, -0.2) is 81.6 Å². The van der Waals surface area contributed by atoms with Crippen molar-refractivity contribution < 1.29 is 28.5 Å². The van der Waals surface area contributed by atoms with Gasteiger partial charge in [0.25, 0.3) is 5.91 Å². The fourth-order valence-corrected chi connectivity index (χ4v) is 7.64. The number of fused-ring (bicyclic) bond motifs is 3. The molecule has 3 atom stereocenters. The standard InChI is InChI=1S/C32H37F2N5O4/c1-2-23-24(34)8-7-19-12-22(41)13-26(27(19)23)39-17-25-28(30(39)42)29(37-10-4-3-6-21(40)16-37)36-31(35-25)43-18-32-9-5-11-38(32)15-20(33)14-32/h7-8,12-13,20-21,40-41H,2-6,9-11,14-18H2,1H3/t20-,21+,32+/m1/s1. The lowest BCUT2D eigenvalue weighted by Gasteiger charge is -2.31. The molecule has 3 saturated heterocycles. The number of phenolic OH excluding ortho intramolecular Hbond substituents is 1. The molecule has 9 nitrogen and oxygen atoms in total. The van der Waals surface area contributed by atoms with E-state index >= 15 is 0 Å². The zero-order chi connectivity index (χ0) is 29.9. The van der Waals surface area contributed by atoms with Gasteiger partial charge in [-0.25, -0.2) is 8.78 Å². The molecule has 7 rings (SSSR count). The van der Waals surface area contributed by atoms with Crippen molar-refractivity contribution in [2.45, 2.75) is 76.2 Å². The Morgan fingerprint density at radius 2 is 2.00 bits per heavy atom. The Labute approximate surface area is 249 Å². The van der Waals surface area contributed by atoms with Gasteiger partial charge in [0.2, 0.25) is 0 Å². The van der Waals surface area contributed by atoms with Crippen LogP contribution in [0.4, 0.5) is 20.3 Å². The Hall–Kier alpha value is -3.57. The third-order valence-corrected chi connectivity index (χ3v) is 9.66. The van der Waals surface area contributed by atoms with E-state index in [1.54, 1.807) is 12.1 Å². The summed E-state index contributed by atoms with van der Waals surface area (Å²) in [5, 5.41) is 22.4. The number of aryl methyl sites for hydroxylation is 1. The number of rotatable bonds is 6. The smallest absolute Gasteiger partial charge is 0.318 e. The summed E-state index contributed by atoms with van der Waals surface area (Å²) in [5.74, 6) is -0.363.